The van der Waals surface area contributed by atoms with E-state index in [0.717, 1.165) is 0 Å². The third-order valence-corrected chi connectivity index (χ3v) is 6.65. The molecule has 1 atom stereocenters. The summed E-state index contributed by atoms with van der Waals surface area (Å²) in [4.78, 5) is 12.4. The number of sulfonamides is 1. The molecule has 6 nitrogen and oxygen atoms in total. The minimum atomic E-state index is -4.03. The topological polar surface area (TPSA) is 84.5 Å². The van der Waals surface area contributed by atoms with Crippen LogP contribution in [0.2, 0.25) is 10.0 Å². The Morgan fingerprint density at radius 2 is 1.90 bits per heavy atom. The monoisotopic (exact) mass is 476 g/mol. The van der Waals surface area contributed by atoms with Crippen LogP contribution in [0.15, 0.2) is 53.4 Å². The maximum atomic E-state index is 12.7. The quantitative estimate of drug-likeness (QED) is 0.484. The van der Waals surface area contributed by atoms with Gasteiger partial charge in [-0.05, 0) is 48.8 Å². The molecule has 29 heavy (non-hydrogen) atoms. The zero-order valence-corrected chi connectivity index (χ0v) is 18.9. The molecule has 2 N–H and O–H groups in total. The summed E-state index contributed by atoms with van der Waals surface area (Å²) < 4.78 is 33.4. The largest absolute Gasteiger partial charge is 0.492 e. The maximum Gasteiger partial charge on any atom is 0.242 e. The van der Waals surface area contributed by atoms with Crippen molar-refractivity contribution in [3.05, 3.63) is 58.6 Å². The first-order chi connectivity index (χ1) is 13.8. The Morgan fingerprint density at radius 3 is 2.59 bits per heavy atom. The Labute approximate surface area is 185 Å². The van der Waals surface area contributed by atoms with Crippen molar-refractivity contribution in [2.45, 2.75) is 17.4 Å². The van der Waals surface area contributed by atoms with E-state index in [1.807, 2.05) is 36.6 Å². The molecule has 1 amide bonds. The van der Waals surface area contributed by atoms with Crippen molar-refractivity contribution in [3.8, 4) is 5.75 Å². The molecule has 10 heteroatoms. The van der Waals surface area contributed by atoms with Crippen LogP contribution in [0.4, 0.5) is 0 Å². The first-order valence-corrected chi connectivity index (χ1v) is 12.4. The van der Waals surface area contributed by atoms with E-state index in [0.29, 0.717) is 17.9 Å². The lowest BCUT2D eigenvalue weighted by Crippen LogP contribution is -2.47. The van der Waals surface area contributed by atoms with Crippen molar-refractivity contribution in [2.24, 2.45) is 0 Å². The van der Waals surface area contributed by atoms with Gasteiger partial charge in [-0.3, -0.25) is 4.79 Å². The van der Waals surface area contributed by atoms with E-state index in [9.17, 15) is 13.2 Å². The van der Waals surface area contributed by atoms with Crippen LogP contribution in [0, 0.1) is 0 Å². The summed E-state index contributed by atoms with van der Waals surface area (Å²) in [5, 5.41) is 2.97. The summed E-state index contributed by atoms with van der Waals surface area (Å²) in [6.45, 7) is 0.501. The van der Waals surface area contributed by atoms with Gasteiger partial charge in [-0.1, -0.05) is 41.4 Å². The SMILES string of the molecule is CSCCC(NS(=O)(=O)c1cc(Cl)ccc1Cl)C(=O)NCCOc1ccccc1. The van der Waals surface area contributed by atoms with E-state index < -0.39 is 22.0 Å². The molecule has 2 rings (SSSR count). The summed E-state index contributed by atoms with van der Waals surface area (Å²) in [5.41, 5.74) is 0. The van der Waals surface area contributed by atoms with Crippen molar-refractivity contribution in [2.75, 3.05) is 25.2 Å². The normalized spacial score (nSPS) is 12.4. The van der Waals surface area contributed by atoms with E-state index >= 15 is 0 Å². The minimum absolute atomic E-state index is 0.0298. The molecule has 0 aliphatic carbocycles. The second kappa shape index (κ2) is 11.7. The summed E-state index contributed by atoms with van der Waals surface area (Å²) in [6, 6.07) is 12.4. The molecule has 0 aliphatic rings. The van der Waals surface area contributed by atoms with Crippen molar-refractivity contribution >= 4 is 50.9 Å². The Balaban J connectivity index is 1.99. The van der Waals surface area contributed by atoms with Gasteiger partial charge in [0.2, 0.25) is 15.9 Å². The maximum absolute atomic E-state index is 12.7. The lowest BCUT2D eigenvalue weighted by Gasteiger charge is -2.19. The molecule has 0 aliphatic heterocycles. The van der Waals surface area contributed by atoms with Crippen LogP contribution in [-0.2, 0) is 14.8 Å². The molecule has 2 aromatic carbocycles. The lowest BCUT2D eigenvalue weighted by atomic mass is 10.2. The molecule has 158 valence electrons. The predicted octanol–water partition coefficient (Wildman–Crippen LogP) is 3.59. The number of para-hydroxylation sites is 1. The fourth-order valence-corrected chi connectivity index (χ4v) is 4.86. The van der Waals surface area contributed by atoms with E-state index in [2.05, 4.69) is 10.0 Å². The number of rotatable bonds is 11. The number of thioether (sulfide) groups is 1. The Bertz CT molecular complexity index is 912. The van der Waals surface area contributed by atoms with Gasteiger partial charge in [0.25, 0.3) is 0 Å². The average Bonchev–Trinajstić information content (AvgIpc) is 2.70. The van der Waals surface area contributed by atoms with Crippen LogP contribution >= 0.6 is 35.0 Å². The molecule has 0 saturated carbocycles. The van der Waals surface area contributed by atoms with Crippen LogP contribution in [0.25, 0.3) is 0 Å². The molecule has 0 radical (unpaired) electrons. The fraction of sp³-hybridized carbons (Fsp3) is 0.316. The first-order valence-electron chi connectivity index (χ1n) is 8.75. The third kappa shape index (κ3) is 7.71. The first kappa shape index (κ1) is 23.8. The van der Waals surface area contributed by atoms with Crippen LogP contribution < -0.4 is 14.8 Å². The van der Waals surface area contributed by atoms with Crippen molar-refractivity contribution in [1.29, 1.82) is 0 Å². The predicted molar refractivity (Wildman–Crippen MR) is 119 cm³/mol. The fourth-order valence-electron chi connectivity index (χ4n) is 2.40. The summed E-state index contributed by atoms with van der Waals surface area (Å²) in [7, 11) is -4.03. The molecular formula is C19H22Cl2N2O4S2. The molecule has 0 fully saturated rings. The van der Waals surface area contributed by atoms with Gasteiger partial charge < -0.3 is 10.1 Å². The zero-order valence-electron chi connectivity index (χ0n) is 15.7. The van der Waals surface area contributed by atoms with Gasteiger partial charge in [0.15, 0.2) is 0 Å². The molecule has 0 aromatic heterocycles. The van der Waals surface area contributed by atoms with E-state index in [1.54, 1.807) is 0 Å². The van der Waals surface area contributed by atoms with Crippen molar-refractivity contribution in [3.63, 3.8) is 0 Å². The highest BCUT2D eigenvalue weighted by Crippen LogP contribution is 2.25. The van der Waals surface area contributed by atoms with Gasteiger partial charge >= 0.3 is 0 Å². The van der Waals surface area contributed by atoms with E-state index in [-0.39, 0.29) is 28.1 Å². The number of benzene rings is 2. The number of hydrogen-bond donors (Lipinski definition) is 2. The summed E-state index contributed by atoms with van der Waals surface area (Å²) in [6.07, 6.45) is 2.20. The number of carbonyl (C=O) groups excluding carboxylic acids is 1. The number of carbonyl (C=O) groups is 1. The minimum Gasteiger partial charge on any atom is -0.492 e. The Kier molecular flexibility index (Phi) is 9.58. The highest BCUT2D eigenvalue weighted by atomic mass is 35.5. The highest BCUT2D eigenvalue weighted by molar-refractivity contribution is 7.98. The number of ether oxygens (including phenoxy) is 1. The van der Waals surface area contributed by atoms with Crippen LogP contribution in [0.1, 0.15) is 6.42 Å². The van der Waals surface area contributed by atoms with Gasteiger partial charge in [-0.25, -0.2) is 8.42 Å². The van der Waals surface area contributed by atoms with Gasteiger partial charge in [0, 0.05) is 5.02 Å². The molecule has 0 spiro atoms. The van der Waals surface area contributed by atoms with E-state index in [1.165, 1.54) is 30.0 Å². The average molecular weight is 477 g/mol. The van der Waals surface area contributed by atoms with Crippen LogP contribution in [-0.4, -0.2) is 45.5 Å². The third-order valence-electron chi connectivity index (χ3n) is 3.82. The number of nitrogens with one attached hydrogen (secondary N) is 2. The molecular weight excluding hydrogens is 455 g/mol. The molecule has 0 heterocycles. The number of hydrogen-bond acceptors (Lipinski definition) is 5. The van der Waals surface area contributed by atoms with Crippen LogP contribution in [0.5, 0.6) is 5.75 Å². The highest BCUT2D eigenvalue weighted by Gasteiger charge is 2.27. The van der Waals surface area contributed by atoms with Crippen LogP contribution in [0.3, 0.4) is 0 Å². The summed E-state index contributed by atoms with van der Waals surface area (Å²) in [5.74, 6) is 0.860. The summed E-state index contributed by atoms with van der Waals surface area (Å²) >= 11 is 13.4. The lowest BCUT2D eigenvalue weighted by molar-refractivity contribution is -0.122. The van der Waals surface area contributed by atoms with E-state index in [4.69, 9.17) is 27.9 Å². The smallest absolute Gasteiger partial charge is 0.242 e. The molecule has 2 aromatic rings. The zero-order chi connectivity index (χ0) is 21.3. The Morgan fingerprint density at radius 1 is 1.17 bits per heavy atom. The molecule has 0 bridgehead atoms. The molecule has 1 unspecified atom stereocenters. The van der Waals surface area contributed by atoms with Gasteiger partial charge in [0.1, 0.15) is 23.3 Å². The van der Waals surface area contributed by atoms with Gasteiger partial charge in [-0.15, -0.1) is 0 Å². The number of amides is 1. The van der Waals surface area contributed by atoms with Gasteiger partial charge in [0.05, 0.1) is 11.6 Å². The van der Waals surface area contributed by atoms with Crippen molar-refractivity contribution < 1.29 is 17.9 Å². The van der Waals surface area contributed by atoms with Crippen molar-refractivity contribution in [1.82, 2.24) is 10.0 Å². The molecule has 0 saturated heterocycles. The Hall–Kier alpha value is -1.45. The second-order valence-corrected chi connectivity index (χ2v) is 9.49. The standard InChI is InChI=1S/C19H22Cl2N2O4S2/c1-28-12-9-17(19(24)22-10-11-27-15-5-3-2-4-6-15)23-29(25,26)18-13-14(20)7-8-16(18)21/h2-8,13,17,23H,9-12H2,1H3,(H,22,24). The van der Waals surface area contributed by atoms with Gasteiger partial charge in [-0.2, -0.15) is 16.5 Å². The second-order valence-electron chi connectivity index (χ2n) is 5.98. The number of halogens is 2.